The summed E-state index contributed by atoms with van der Waals surface area (Å²) in [5.74, 6) is 0. The van der Waals surface area contributed by atoms with Gasteiger partial charge in [0.1, 0.15) is 0 Å². The average Bonchev–Trinajstić information content (AvgIpc) is 2.62. The van der Waals surface area contributed by atoms with Crippen LogP contribution in [-0.4, -0.2) is 37.1 Å². The quantitative estimate of drug-likeness (QED) is 0.893. The Labute approximate surface area is 145 Å². The van der Waals surface area contributed by atoms with Crippen molar-refractivity contribution in [2.24, 2.45) is 0 Å². The first-order chi connectivity index (χ1) is 11.2. The molecule has 0 spiro atoms. The second-order valence-corrected chi connectivity index (χ2v) is 6.51. The van der Waals surface area contributed by atoms with E-state index >= 15 is 0 Å². The smallest absolute Gasteiger partial charge is 0.317 e. The lowest BCUT2D eigenvalue weighted by Gasteiger charge is -2.36. The molecule has 0 saturated carbocycles. The van der Waals surface area contributed by atoms with Gasteiger partial charge in [0, 0.05) is 42.9 Å². The summed E-state index contributed by atoms with van der Waals surface area (Å²) in [7, 11) is 0. The number of halogens is 1. The Bertz CT molecular complexity index is 637. The molecule has 23 heavy (non-hydrogen) atoms. The molecule has 0 radical (unpaired) electrons. The number of hydrogen-bond donors (Lipinski definition) is 1. The van der Waals surface area contributed by atoms with Crippen LogP contribution in [-0.2, 0) is 6.54 Å². The maximum absolute atomic E-state index is 12.3. The van der Waals surface area contributed by atoms with Crippen LogP contribution in [0.3, 0.4) is 0 Å². The highest BCUT2D eigenvalue weighted by Gasteiger charge is 2.20. The average molecular weight is 374 g/mol. The van der Waals surface area contributed by atoms with Gasteiger partial charge in [-0.05, 0) is 29.8 Å². The fourth-order valence-electron chi connectivity index (χ4n) is 2.70. The molecular formula is C18H20BrN3O. The molecule has 2 aromatic rings. The minimum absolute atomic E-state index is 0.0145. The molecule has 2 amide bonds. The molecule has 1 N–H and O–H groups in total. The van der Waals surface area contributed by atoms with Crippen LogP contribution in [0.5, 0.6) is 0 Å². The molecule has 0 atom stereocenters. The molecule has 1 saturated heterocycles. The van der Waals surface area contributed by atoms with Crippen LogP contribution in [0.1, 0.15) is 5.56 Å². The maximum Gasteiger partial charge on any atom is 0.317 e. The van der Waals surface area contributed by atoms with Crippen LogP contribution in [0, 0.1) is 0 Å². The van der Waals surface area contributed by atoms with Gasteiger partial charge in [-0.15, -0.1) is 0 Å². The van der Waals surface area contributed by atoms with Gasteiger partial charge in [0.25, 0.3) is 0 Å². The maximum atomic E-state index is 12.3. The number of nitrogens with one attached hydrogen (secondary N) is 1. The van der Waals surface area contributed by atoms with E-state index in [-0.39, 0.29) is 6.03 Å². The van der Waals surface area contributed by atoms with Crippen LogP contribution >= 0.6 is 15.9 Å². The molecule has 0 unspecified atom stereocenters. The second kappa shape index (κ2) is 7.51. The van der Waals surface area contributed by atoms with E-state index in [2.05, 4.69) is 38.3 Å². The fourth-order valence-corrected chi connectivity index (χ4v) is 2.96. The Kier molecular flexibility index (Phi) is 5.18. The predicted molar refractivity (Wildman–Crippen MR) is 96.6 cm³/mol. The number of para-hydroxylation sites is 1. The molecular weight excluding hydrogens is 354 g/mol. The van der Waals surface area contributed by atoms with Crippen molar-refractivity contribution in [2.75, 3.05) is 31.1 Å². The molecule has 1 fully saturated rings. The Morgan fingerprint density at radius 3 is 2.26 bits per heavy atom. The van der Waals surface area contributed by atoms with Crippen molar-refractivity contribution in [3.05, 3.63) is 64.6 Å². The Hall–Kier alpha value is -2.01. The zero-order valence-corrected chi connectivity index (χ0v) is 14.5. The molecule has 0 bridgehead atoms. The Morgan fingerprint density at radius 2 is 1.61 bits per heavy atom. The van der Waals surface area contributed by atoms with E-state index in [1.807, 2.05) is 47.4 Å². The number of nitrogens with zero attached hydrogens (tertiary/aromatic N) is 2. The normalized spacial score (nSPS) is 14.7. The third kappa shape index (κ3) is 4.26. The minimum atomic E-state index is 0.0145. The van der Waals surface area contributed by atoms with Gasteiger partial charge < -0.3 is 15.1 Å². The van der Waals surface area contributed by atoms with Gasteiger partial charge in [-0.25, -0.2) is 4.79 Å². The highest BCUT2D eigenvalue weighted by molar-refractivity contribution is 9.10. The van der Waals surface area contributed by atoms with Crippen molar-refractivity contribution in [1.82, 2.24) is 10.2 Å². The third-order valence-electron chi connectivity index (χ3n) is 4.05. The minimum Gasteiger partial charge on any atom is -0.368 e. The van der Waals surface area contributed by atoms with Gasteiger partial charge >= 0.3 is 6.03 Å². The number of piperazine rings is 1. The SMILES string of the molecule is O=C(NCc1ccc(Br)cc1)N1CCN(c2ccccc2)CC1. The predicted octanol–water partition coefficient (Wildman–Crippen LogP) is 3.48. The molecule has 5 heteroatoms. The number of carbonyl (C=O) groups is 1. The number of rotatable bonds is 3. The summed E-state index contributed by atoms with van der Waals surface area (Å²) < 4.78 is 1.05. The molecule has 2 aromatic carbocycles. The van der Waals surface area contributed by atoms with E-state index in [4.69, 9.17) is 0 Å². The Balaban J connectivity index is 1.47. The summed E-state index contributed by atoms with van der Waals surface area (Å²) in [6.07, 6.45) is 0. The van der Waals surface area contributed by atoms with Crippen molar-refractivity contribution in [3.8, 4) is 0 Å². The highest BCUT2D eigenvalue weighted by atomic mass is 79.9. The summed E-state index contributed by atoms with van der Waals surface area (Å²) in [5.41, 5.74) is 2.33. The zero-order chi connectivity index (χ0) is 16.1. The number of benzene rings is 2. The van der Waals surface area contributed by atoms with Crippen LogP contribution in [0.15, 0.2) is 59.1 Å². The summed E-state index contributed by atoms with van der Waals surface area (Å²) in [6.45, 7) is 3.80. The number of anilines is 1. The van der Waals surface area contributed by atoms with Crippen molar-refractivity contribution in [3.63, 3.8) is 0 Å². The molecule has 120 valence electrons. The van der Waals surface area contributed by atoms with Crippen molar-refractivity contribution in [2.45, 2.75) is 6.54 Å². The van der Waals surface area contributed by atoms with Crippen LogP contribution < -0.4 is 10.2 Å². The topological polar surface area (TPSA) is 35.6 Å². The lowest BCUT2D eigenvalue weighted by molar-refractivity contribution is 0.194. The number of amides is 2. The molecule has 0 aromatic heterocycles. The summed E-state index contributed by atoms with van der Waals surface area (Å²) in [4.78, 5) is 16.5. The van der Waals surface area contributed by atoms with Crippen LogP contribution in [0.25, 0.3) is 0 Å². The first-order valence-electron chi connectivity index (χ1n) is 7.79. The number of urea groups is 1. The van der Waals surface area contributed by atoms with Gasteiger partial charge in [-0.1, -0.05) is 46.3 Å². The largest absolute Gasteiger partial charge is 0.368 e. The lowest BCUT2D eigenvalue weighted by atomic mass is 10.2. The Morgan fingerprint density at radius 1 is 0.957 bits per heavy atom. The summed E-state index contributed by atoms with van der Waals surface area (Å²) in [5, 5.41) is 3.00. The standard InChI is InChI=1S/C18H20BrN3O/c19-16-8-6-15(7-9-16)14-20-18(23)22-12-10-21(11-13-22)17-4-2-1-3-5-17/h1-9H,10-14H2,(H,20,23). The third-order valence-corrected chi connectivity index (χ3v) is 4.57. The monoisotopic (exact) mass is 373 g/mol. The highest BCUT2D eigenvalue weighted by Crippen LogP contribution is 2.15. The molecule has 1 heterocycles. The zero-order valence-electron chi connectivity index (χ0n) is 12.9. The molecule has 4 nitrogen and oxygen atoms in total. The summed E-state index contributed by atoms with van der Waals surface area (Å²) >= 11 is 3.41. The first kappa shape index (κ1) is 15.9. The lowest BCUT2D eigenvalue weighted by Crippen LogP contribution is -2.51. The van der Waals surface area contributed by atoms with Crippen molar-refractivity contribution < 1.29 is 4.79 Å². The molecule has 1 aliphatic heterocycles. The van der Waals surface area contributed by atoms with E-state index in [1.165, 1.54) is 5.69 Å². The van der Waals surface area contributed by atoms with Crippen molar-refractivity contribution in [1.29, 1.82) is 0 Å². The van der Waals surface area contributed by atoms with E-state index < -0.39 is 0 Å². The van der Waals surface area contributed by atoms with Gasteiger partial charge in [0.15, 0.2) is 0 Å². The van der Waals surface area contributed by atoms with Gasteiger partial charge in [0.2, 0.25) is 0 Å². The van der Waals surface area contributed by atoms with Gasteiger partial charge in [-0.3, -0.25) is 0 Å². The first-order valence-corrected chi connectivity index (χ1v) is 8.59. The number of carbonyl (C=O) groups excluding carboxylic acids is 1. The summed E-state index contributed by atoms with van der Waals surface area (Å²) in [6, 6.07) is 18.4. The van der Waals surface area contributed by atoms with E-state index in [0.29, 0.717) is 6.54 Å². The van der Waals surface area contributed by atoms with E-state index in [9.17, 15) is 4.79 Å². The fraction of sp³-hybridized carbons (Fsp3) is 0.278. The van der Waals surface area contributed by atoms with Gasteiger partial charge in [0.05, 0.1) is 0 Å². The molecule has 0 aliphatic carbocycles. The second-order valence-electron chi connectivity index (χ2n) is 5.59. The molecule has 1 aliphatic rings. The van der Waals surface area contributed by atoms with Crippen molar-refractivity contribution >= 4 is 27.6 Å². The molecule has 3 rings (SSSR count). The number of hydrogen-bond acceptors (Lipinski definition) is 2. The van der Waals surface area contributed by atoms with Crippen LogP contribution in [0.4, 0.5) is 10.5 Å². The van der Waals surface area contributed by atoms with E-state index in [0.717, 1.165) is 36.2 Å². The van der Waals surface area contributed by atoms with E-state index in [1.54, 1.807) is 0 Å². The van der Waals surface area contributed by atoms with Crippen LogP contribution in [0.2, 0.25) is 0 Å². The van der Waals surface area contributed by atoms with Gasteiger partial charge in [-0.2, -0.15) is 0 Å².